The summed E-state index contributed by atoms with van der Waals surface area (Å²) in [4.78, 5) is 10.1. The average molecular weight is 363 g/mol. The van der Waals surface area contributed by atoms with Crippen molar-refractivity contribution in [3.05, 3.63) is 45.4 Å². The van der Waals surface area contributed by atoms with Gasteiger partial charge >= 0.3 is 7.60 Å². The summed E-state index contributed by atoms with van der Waals surface area (Å²) in [5.41, 5.74) is 0.525. The molecule has 0 saturated heterocycles. The maximum atomic E-state index is 12.7. The Morgan fingerprint density at radius 2 is 1.70 bits per heavy atom. The third-order valence-corrected chi connectivity index (χ3v) is 5.18. The molecule has 0 aliphatic carbocycles. The van der Waals surface area contributed by atoms with Gasteiger partial charge in [0.05, 0.1) is 17.1 Å². The third kappa shape index (κ3) is 6.31. The van der Waals surface area contributed by atoms with Gasteiger partial charge in [-0.15, -0.1) is 0 Å². The number of benzene rings is 1. The van der Waals surface area contributed by atoms with E-state index in [2.05, 4.69) is 5.32 Å². The number of halogens is 1. The van der Waals surface area contributed by atoms with E-state index in [-0.39, 0.29) is 22.7 Å². The van der Waals surface area contributed by atoms with Crippen LogP contribution in [-0.2, 0) is 13.6 Å². The second kappa shape index (κ2) is 8.45. The summed E-state index contributed by atoms with van der Waals surface area (Å²) in [6, 6.07) is 5.71. The highest BCUT2D eigenvalue weighted by Gasteiger charge is 2.32. The number of hydrogen-bond acceptors (Lipinski definition) is 6. The first-order valence-electron chi connectivity index (χ1n) is 6.98. The van der Waals surface area contributed by atoms with E-state index in [9.17, 15) is 14.7 Å². The minimum atomic E-state index is -3.63. The zero-order valence-corrected chi connectivity index (χ0v) is 15.0. The Labute approximate surface area is 140 Å². The van der Waals surface area contributed by atoms with Crippen LogP contribution >= 0.6 is 19.2 Å². The number of non-ortho nitro benzene ring substituents is 1. The quantitative estimate of drug-likeness (QED) is 0.393. The van der Waals surface area contributed by atoms with E-state index in [4.69, 9.17) is 20.6 Å². The van der Waals surface area contributed by atoms with E-state index in [1.54, 1.807) is 27.7 Å². The van der Waals surface area contributed by atoms with Gasteiger partial charge in [0, 0.05) is 24.0 Å². The molecule has 0 spiro atoms. The lowest BCUT2D eigenvalue weighted by Crippen LogP contribution is -2.08. The van der Waals surface area contributed by atoms with E-state index in [0.29, 0.717) is 5.69 Å². The van der Waals surface area contributed by atoms with Crippen LogP contribution in [0.25, 0.3) is 0 Å². The molecule has 0 atom stereocenters. The molecular weight excluding hydrogens is 343 g/mol. The Hall–Kier alpha value is -1.40. The highest BCUT2D eigenvalue weighted by Crippen LogP contribution is 2.59. The summed E-state index contributed by atoms with van der Waals surface area (Å²) >= 11 is 6.09. The van der Waals surface area contributed by atoms with Crippen molar-refractivity contribution in [3.8, 4) is 0 Å². The van der Waals surface area contributed by atoms with Crippen molar-refractivity contribution in [1.82, 2.24) is 0 Å². The summed E-state index contributed by atoms with van der Waals surface area (Å²) < 4.78 is 23.3. The molecular formula is C14H20ClN2O5P. The van der Waals surface area contributed by atoms with Crippen molar-refractivity contribution < 1.29 is 18.5 Å². The van der Waals surface area contributed by atoms with Crippen LogP contribution in [-0.4, -0.2) is 17.1 Å². The number of rotatable bonds is 8. The molecule has 23 heavy (non-hydrogen) atoms. The van der Waals surface area contributed by atoms with Gasteiger partial charge in [0.2, 0.25) is 0 Å². The second-order valence-electron chi connectivity index (χ2n) is 5.22. The topological polar surface area (TPSA) is 90.7 Å². The summed E-state index contributed by atoms with van der Waals surface area (Å²) in [5.74, 6) is 0. The van der Waals surface area contributed by atoms with E-state index in [0.717, 1.165) is 0 Å². The van der Waals surface area contributed by atoms with Crippen LogP contribution in [0, 0.1) is 10.1 Å². The number of anilines is 1. The monoisotopic (exact) mass is 362 g/mol. The predicted octanol–water partition coefficient (Wildman–Crippen LogP) is 5.09. The van der Waals surface area contributed by atoms with Crippen LogP contribution in [0.3, 0.4) is 0 Å². The third-order valence-electron chi connectivity index (χ3n) is 2.40. The minimum absolute atomic E-state index is 0.0254. The molecule has 1 rings (SSSR count). The Balaban J connectivity index is 2.90. The molecule has 9 heteroatoms. The SMILES string of the molecule is CC(C)OP(=O)(OC(C)C)/C(Cl)=C\Nc1ccc([N+](=O)[O-])cc1. The molecule has 1 aromatic rings. The van der Waals surface area contributed by atoms with Crippen LogP contribution in [0.15, 0.2) is 35.2 Å². The van der Waals surface area contributed by atoms with Gasteiger partial charge in [-0.3, -0.25) is 14.7 Å². The smallest absolute Gasteiger partial charge is 0.360 e. The fourth-order valence-corrected chi connectivity index (χ4v) is 3.46. The number of nitro benzene ring substituents is 1. The Morgan fingerprint density at radius 3 is 2.09 bits per heavy atom. The Bertz CT molecular complexity index is 602. The van der Waals surface area contributed by atoms with E-state index in [1.165, 1.54) is 30.5 Å². The first-order chi connectivity index (χ1) is 10.6. The summed E-state index contributed by atoms with van der Waals surface area (Å²) in [6.07, 6.45) is 0.635. The van der Waals surface area contributed by atoms with Crippen molar-refractivity contribution in [3.63, 3.8) is 0 Å². The first kappa shape index (κ1) is 19.6. The van der Waals surface area contributed by atoms with Crippen LogP contribution < -0.4 is 5.32 Å². The fourth-order valence-electron chi connectivity index (χ4n) is 1.58. The largest absolute Gasteiger partial charge is 0.374 e. The highest BCUT2D eigenvalue weighted by molar-refractivity contribution is 7.61. The molecule has 128 valence electrons. The summed E-state index contributed by atoms with van der Waals surface area (Å²) in [7, 11) is -3.63. The van der Waals surface area contributed by atoms with E-state index < -0.39 is 12.5 Å². The maximum Gasteiger partial charge on any atom is 0.374 e. The molecule has 1 aromatic carbocycles. The molecule has 0 amide bonds. The molecule has 0 radical (unpaired) electrons. The minimum Gasteiger partial charge on any atom is -0.360 e. The molecule has 7 nitrogen and oxygen atoms in total. The molecule has 0 aliphatic rings. The fraction of sp³-hybridized carbons (Fsp3) is 0.429. The van der Waals surface area contributed by atoms with Crippen LogP contribution in [0.2, 0.25) is 0 Å². The molecule has 0 aliphatic heterocycles. The number of hydrogen-bond donors (Lipinski definition) is 1. The van der Waals surface area contributed by atoms with Gasteiger partial charge < -0.3 is 14.4 Å². The lowest BCUT2D eigenvalue weighted by atomic mass is 10.3. The number of nitro groups is 1. The zero-order chi connectivity index (χ0) is 17.6. The summed E-state index contributed by atoms with van der Waals surface area (Å²) in [5, 5.41) is 13.4. The lowest BCUT2D eigenvalue weighted by Gasteiger charge is -2.22. The maximum absolute atomic E-state index is 12.7. The van der Waals surface area contributed by atoms with Gasteiger partial charge in [-0.2, -0.15) is 0 Å². The standard InChI is InChI=1S/C14H20ClN2O5P/c1-10(2)21-23(20,22-11(3)4)14(15)9-16-12-5-7-13(8-6-12)17(18)19/h5-11,16H,1-4H3/b14-9-. The van der Waals surface area contributed by atoms with Crippen LogP contribution in [0.1, 0.15) is 27.7 Å². The molecule has 0 saturated carbocycles. The van der Waals surface area contributed by atoms with Crippen molar-refractivity contribution in [2.75, 3.05) is 5.32 Å². The Morgan fingerprint density at radius 1 is 1.22 bits per heavy atom. The molecule has 0 aromatic heterocycles. The van der Waals surface area contributed by atoms with Gasteiger partial charge in [0.1, 0.15) is 4.77 Å². The molecule has 1 N–H and O–H groups in total. The van der Waals surface area contributed by atoms with Crippen molar-refractivity contribution in [2.24, 2.45) is 0 Å². The van der Waals surface area contributed by atoms with Crippen molar-refractivity contribution in [2.45, 2.75) is 39.9 Å². The first-order valence-corrected chi connectivity index (χ1v) is 8.90. The van der Waals surface area contributed by atoms with Crippen molar-refractivity contribution >= 4 is 30.6 Å². The average Bonchev–Trinajstić information content (AvgIpc) is 2.43. The zero-order valence-electron chi connectivity index (χ0n) is 13.4. The van der Waals surface area contributed by atoms with E-state index in [1.807, 2.05) is 0 Å². The van der Waals surface area contributed by atoms with Crippen molar-refractivity contribution in [1.29, 1.82) is 0 Å². The van der Waals surface area contributed by atoms with Gasteiger partial charge in [-0.1, -0.05) is 11.6 Å². The molecule has 0 heterocycles. The number of nitrogens with zero attached hydrogens (tertiary/aromatic N) is 1. The Kier molecular flexibility index (Phi) is 7.22. The second-order valence-corrected chi connectivity index (χ2v) is 7.79. The molecule has 0 fully saturated rings. The number of nitrogens with one attached hydrogen (secondary N) is 1. The van der Waals surface area contributed by atoms with Crippen LogP contribution in [0.4, 0.5) is 11.4 Å². The lowest BCUT2D eigenvalue weighted by molar-refractivity contribution is -0.384. The van der Waals surface area contributed by atoms with Gasteiger partial charge in [0.15, 0.2) is 0 Å². The van der Waals surface area contributed by atoms with E-state index >= 15 is 0 Å². The predicted molar refractivity (Wildman–Crippen MR) is 90.7 cm³/mol. The van der Waals surface area contributed by atoms with Crippen LogP contribution in [0.5, 0.6) is 0 Å². The summed E-state index contributed by atoms with van der Waals surface area (Å²) in [6.45, 7) is 6.91. The van der Waals surface area contributed by atoms with Gasteiger partial charge in [0.25, 0.3) is 5.69 Å². The van der Waals surface area contributed by atoms with Gasteiger partial charge in [-0.05, 0) is 39.8 Å². The molecule has 0 bridgehead atoms. The molecule has 0 unspecified atom stereocenters. The van der Waals surface area contributed by atoms with Gasteiger partial charge in [-0.25, -0.2) is 0 Å². The normalized spacial score (nSPS) is 12.7. The highest BCUT2D eigenvalue weighted by atomic mass is 35.5.